The van der Waals surface area contributed by atoms with Crippen molar-refractivity contribution in [3.05, 3.63) is 41.7 Å². The van der Waals surface area contributed by atoms with E-state index in [2.05, 4.69) is 43.2 Å². The molecule has 0 amide bonds. The molecule has 0 spiro atoms. The molecule has 2 N–H and O–H groups in total. The number of hydrogen-bond acceptors (Lipinski definition) is 2. The van der Waals surface area contributed by atoms with Crippen LogP contribution in [0, 0.1) is 0 Å². The Morgan fingerprint density at radius 3 is 2.41 bits per heavy atom. The van der Waals surface area contributed by atoms with Gasteiger partial charge in [-0.25, -0.2) is 0 Å². The summed E-state index contributed by atoms with van der Waals surface area (Å²) in [7, 11) is 1.92. The van der Waals surface area contributed by atoms with Gasteiger partial charge in [0, 0.05) is 25.4 Å². The summed E-state index contributed by atoms with van der Waals surface area (Å²) in [5.41, 5.74) is 10.3. The molecule has 0 aliphatic heterocycles. The van der Waals surface area contributed by atoms with Crippen molar-refractivity contribution in [1.29, 1.82) is 0 Å². The molecule has 1 heterocycles. The molecule has 90 valence electrons. The van der Waals surface area contributed by atoms with Gasteiger partial charge in [0.15, 0.2) is 0 Å². The molecule has 0 saturated carbocycles. The fraction of sp³-hybridized carbons (Fsp3) is 0.357. The molecule has 1 aromatic heterocycles. The highest BCUT2D eigenvalue weighted by Crippen LogP contribution is 2.24. The number of benzene rings is 1. The van der Waals surface area contributed by atoms with Gasteiger partial charge in [0.2, 0.25) is 0 Å². The summed E-state index contributed by atoms with van der Waals surface area (Å²) in [5, 5.41) is 4.35. The molecule has 3 heteroatoms. The maximum absolute atomic E-state index is 5.70. The first-order valence-electron chi connectivity index (χ1n) is 5.94. The lowest BCUT2D eigenvalue weighted by Crippen LogP contribution is -1.99. The summed E-state index contributed by atoms with van der Waals surface area (Å²) in [6.07, 6.45) is 2.02. The highest BCUT2D eigenvalue weighted by molar-refractivity contribution is 5.65. The zero-order valence-corrected chi connectivity index (χ0v) is 10.6. The Morgan fingerprint density at radius 1 is 1.24 bits per heavy atom. The van der Waals surface area contributed by atoms with Gasteiger partial charge in [-0.15, -0.1) is 0 Å². The Bertz CT molecular complexity index is 495. The van der Waals surface area contributed by atoms with Crippen LogP contribution in [0.5, 0.6) is 0 Å². The summed E-state index contributed by atoms with van der Waals surface area (Å²) in [4.78, 5) is 0. The molecule has 0 bridgehead atoms. The van der Waals surface area contributed by atoms with Crippen LogP contribution in [0.1, 0.15) is 31.0 Å². The highest BCUT2D eigenvalue weighted by atomic mass is 15.3. The zero-order valence-electron chi connectivity index (χ0n) is 10.6. The summed E-state index contributed by atoms with van der Waals surface area (Å²) in [6.45, 7) is 4.87. The van der Waals surface area contributed by atoms with E-state index in [4.69, 9.17) is 5.73 Å². The van der Waals surface area contributed by atoms with E-state index in [1.807, 2.05) is 17.9 Å². The van der Waals surface area contributed by atoms with Gasteiger partial charge < -0.3 is 5.73 Å². The second-order valence-electron chi connectivity index (χ2n) is 4.64. The normalized spacial score (nSPS) is 11.1. The van der Waals surface area contributed by atoms with E-state index in [0.717, 1.165) is 11.3 Å². The first-order chi connectivity index (χ1) is 8.11. The number of aryl methyl sites for hydroxylation is 1. The number of nitrogens with zero attached hydrogens (tertiary/aromatic N) is 2. The van der Waals surface area contributed by atoms with Gasteiger partial charge >= 0.3 is 0 Å². The zero-order chi connectivity index (χ0) is 12.4. The van der Waals surface area contributed by atoms with Gasteiger partial charge in [-0.2, -0.15) is 5.10 Å². The summed E-state index contributed by atoms with van der Waals surface area (Å²) >= 11 is 0. The van der Waals surface area contributed by atoms with E-state index in [0.29, 0.717) is 12.5 Å². The fourth-order valence-corrected chi connectivity index (χ4v) is 1.97. The fourth-order valence-electron chi connectivity index (χ4n) is 1.97. The smallest absolute Gasteiger partial charge is 0.0838 e. The first kappa shape index (κ1) is 11.9. The van der Waals surface area contributed by atoms with E-state index >= 15 is 0 Å². The van der Waals surface area contributed by atoms with E-state index in [1.165, 1.54) is 11.1 Å². The Balaban J connectivity index is 2.39. The second kappa shape index (κ2) is 4.72. The molecule has 0 saturated heterocycles. The number of hydrogen-bond donors (Lipinski definition) is 1. The Kier molecular flexibility index (Phi) is 3.29. The average Bonchev–Trinajstić information content (AvgIpc) is 2.70. The lowest BCUT2D eigenvalue weighted by Gasteiger charge is -2.06. The molecule has 1 aromatic carbocycles. The van der Waals surface area contributed by atoms with E-state index in [9.17, 15) is 0 Å². The molecule has 0 radical (unpaired) electrons. The lowest BCUT2D eigenvalue weighted by molar-refractivity contribution is 0.742. The Labute approximate surface area is 102 Å². The minimum absolute atomic E-state index is 0.474. The minimum Gasteiger partial charge on any atom is -0.325 e. The number of nitrogens with two attached hydrogens (primary N) is 1. The monoisotopic (exact) mass is 229 g/mol. The van der Waals surface area contributed by atoms with Gasteiger partial charge in [0.1, 0.15) is 0 Å². The van der Waals surface area contributed by atoms with Crippen LogP contribution in [0.25, 0.3) is 11.1 Å². The van der Waals surface area contributed by atoms with Crippen molar-refractivity contribution >= 4 is 0 Å². The van der Waals surface area contributed by atoms with Gasteiger partial charge in [0.05, 0.1) is 5.69 Å². The molecule has 0 aliphatic rings. The van der Waals surface area contributed by atoms with Crippen molar-refractivity contribution in [2.24, 2.45) is 12.8 Å². The highest BCUT2D eigenvalue weighted by Gasteiger charge is 2.08. The molecule has 0 atom stereocenters. The van der Waals surface area contributed by atoms with Crippen LogP contribution in [0.4, 0.5) is 0 Å². The van der Waals surface area contributed by atoms with Crippen LogP contribution in [0.15, 0.2) is 30.5 Å². The van der Waals surface area contributed by atoms with Crippen LogP contribution >= 0.6 is 0 Å². The minimum atomic E-state index is 0.474. The molecular formula is C14H19N3. The molecular weight excluding hydrogens is 210 g/mol. The number of aromatic nitrogens is 2. The van der Waals surface area contributed by atoms with Crippen LogP contribution in [0.3, 0.4) is 0 Å². The third-order valence-electron chi connectivity index (χ3n) is 2.99. The van der Waals surface area contributed by atoms with Crippen molar-refractivity contribution in [1.82, 2.24) is 9.78 Å². The van der Waals surface area contributed by atoms with Crippen LogP contribution < -0.4 is 5.73 Å². The largest absolute Gasteiger partial charge is 0.325 e. The van der Waals surface area contributed by atoms with Crippen molar-refractivity contribution in [2.45, 2.75) is 26.3 Å². The third kappa shape index (κ3) is 2.39. The van der Waals surface area contributed by atoms with Crippen LogP contribution in [-0.2, 0) is 13.6 Å². The Morgan fingerprint density at radius 2 is 1.88 bits per heavy atom. The van der Waals surface area contributed by atoms with Crippen molar-refractivity contribution in [3.63, 3.8) is 0 Å². The maximum Gasteiger partial charge on any atom is 0.0838 e. The van der Waals surface area contributed by atoms with Crippen LogP contribution in [-0.4, -0.2) is 9.78 Å². The summed E-state index contributed by atoms with van der Waals surface area (Å²) in [6, 6.07) is 8.64. The van der Waals surface area contributed by atoms with Gasteiger partial charge in [-0.3, -0.25) is 4.68 Å². The van der Waals surface area contributed by atoms with Crippen molar-refractivity contribution < 1.29 is 0 Å². The predicted molar refractivity (Wildman–Crippen MR) is 70.6 cm³/mol. The van der Waals surface area contributed by atoms with Crippen molar-refractivity contribution in [3.8, 4) is 11.1 Å². The quantitative estimate of drug-likeness (QED) is 0.879. The van der Waals surface area contributed by atoms with E-state index < -0.39 is 0 Å². The Hall–Kier alpha value is -1.61. The molecule has 0 unspecified atom stereocenters. The number of rotatable bonds is 3. The standard InChI is InChI=1S/C14H19N3/c1-10(2)11-4-6-12(7-5-11)13-9-17(3)16-14(13)8-15/h4-7,9-10H,8,15H2,1-3H3. The molecule has 0 fully saturated rings. The third-order valence-corrected chi connectivity index (χ3v) is 2.99. The maximum atomic E-state index is 5.70. The molecule has 2 rings (SSSR count). The van der Waals surface area contributed by atoms with E-state index in [1.54, 1.807) is 0 Å². The molecule has 0 aliphatic carbocycles. The lowest BCUT2D eigenvalue weighted by atomic mass is 9.99. The van der Waals surface area contributed by atoms with Gasteiger partial charge in [0.25, 0.3) is 0 Å². The SMILES string of the molecule is CC(C)c1ccc(-c2cn(C)nc2CN)cc1. The van der Waals surface area contributed by atoms with Gasteiger partial charge in [-0.1, -0.05) is 38.1 Å². The molecule has 17 heavy (non-hydrogen) atoms. The second-order valence-corrected chi connectivity index (χ2v) is 4.64. The van der Waals surface area contributed by atoms with Gasteiger partial charge in [-0.05, 0) is 17.0 Å². The summed E-state index contributed by atoms with van der Waals surface area (Å²) < 4.78 is 1.81. The van der Waals surface area contributed by atoms with Crippen molar-refractivity contribution in [2.75, 3.05) is 0 Å². The summed E-state index contributed by atoms with van der Waals surface area (Å²) in [5.74, 6) is 0.562. The van der Waals surface area contributed by atoms with E-state index in [-0.39, 0.29) is 0 Å². The van der Waals surface area contributed by atoms with Crippen LogP contribution in [0.2, 0.25) is 0 Å². The average molecular weight is 229 g/mol. The first-order valence-corrected chi connectivity index (χ1v) is 5.94. The molecule has 3 nitrogen and oxygen atoms in total. The molecule has 2 aromatic rings. The predicted octanol–water partition coefficient (Wildman–Crippen LogP) is 2.67. The topological polar surface area (TPSA) is 43.8 Å².